The third kappa shape index (κ3) is 8.53. The molecule has 2 atom stereocenters. The Morgan fingerprint density at radius 3 is 1.95 bits per heavy atom. The lowest BCUT2D eigenvalue weighted by Crippen LogP contribution is -2.39. The van der Waals surface area contributed by atoms with E-state index in [9.17, 15) is 0 Å². The Morgan fingerprint density at radius 1 is 0.773 bits per heavy atom. The molecule has 0 saturated carbocycles. The first-order valence-electron chi connectivity index (χ1n) is 10.3. The summed E-state index contributed by atoms with van der Waals surface area (Å²) in [5.74, 6) is 0. The highest BCUT2D eigenvalue weighted by atomic mass is 15.2. The minimum atomic E-state index is 0.440. The number of likely N-dealkylation sites (tertiary alicyclic amines) is 1. The van der Waals surface area contributed by atoms with Crippen LogP contribution in [0.2, 0.25) is 0 Å². The molecule has 1 fully saturated rings. The first-order chi connectivity index (χ1) is 10.8. The highest BCUT2D eigenvalue weighted by Gasteiger charge is 2.30. The third-order valence-electron chi connectivity index (χ3n) is 5.37. The van der Waals surface area contributed by atoms with Gasteiger partial charge in [0.05, 0.1) is 0 Å². The second kappa shape index (κ2) is 13.4. The molecule has 1 aliphatic heterocycles. The van der Waals surface area contributed by atoms with E-state index in [1.165, 1.54) is 103 Å². The summed E-state index contributed by atoms with van der Waals surface area (Å²) < 4.78 is 0. The molecule has 0 aliphatic carbocycles. The van der Waals surface area contributed by atoms with Gasteiger partial charge in [0, 0.05) is 18.6 Å². The first kappa shape index (κ1) is 20.0. The van der Waals surface area contributed by atoms with E-state index >= 15 is 0 Å². The number of rotatable bonds is 14. The van der Waals surface area contributed by atoms with Crippen molar-refractivity contribution in [2.45, 2.75) is 116 Å². The van der Waals surface area contributed by atoms with Crippen molar-refractivity contribution in [3.63, 3.8) is 0 Å². The summed E-state index contributed by atoms with van der Waals surface area (Å²) in [6.07, 6.45) is 19.4. The van der Waals surface area contributed by atoms with Crippen LogP contribution in [0.15, 0.2) is 0 Å². The topological polar surface area (TPSA) is 29.3 Å². The molecule has 2 N–H and O–H groups in total. The van der Waals surface area contributed by atoms with Gasteiger partial charge in [0.25, 0.3) is 0 Å². The van der Waals surface area contributed by atoms with Gasteiger partial charge in [-0.25, -0.2) is 0 Å². The van der Waals surface area contributed by atoms with Crippen molar-refractivity contribution in [3.8, 4) is 0 Å². The lowest BCUT2D eigenvalue weighted by atomic mass is 10.0. The van der Waals surface area contributed by atoms with E-state index in [-0.39, 0.29) is 0 Å². The molecule has 0 aromatic heterocycles. The van der Waals surface area contributed by atoms with Crippen molar-refractivity contribution < 1.29 is 0 Å². The van der Waals surface area contributed by atoms with Crippen LogP contribution >= 0.6 is 0 Å². The smallest absolute Gasteiger partial charge is 0.0247 e. The largest absolute Gasteiger partial charge is 0.326 e. The van der Waals surface area contributed by atoms with Crippen molar-refractivity contribution in [1.29, 1.82) is 0 Å². The molecule has 0 bridgehead atoms. The zero-order chi connectivity index (χ0) is 16.0. The van der Waals surface area contributed by atoms with Crippen LogP contribution in [0, 0.1) is 0 Å². The average Bonchev–Trinajstić information content (AvgIpc) is 2.87. The number of nitrogens with zero attached hydrogens (tertiary/aromatic N) is 1. The lowest BCUT2D eigenvalue weighted by Gasteiger charge is -2.26. The molecule has 1 saturated heterocycles. The molecule has 2 heteroatoms. The Balaban J connectivity index is 2.08. The molecule has 22 heavy (non-hydrogen) atoms. The van der Waals surface area contributed by atoms with Crippen LogP contribution < -0.4 is 5.73 Å². The molecule has 2 nitrogen and oxygen atoms in total. The molecule has 0 aromatic carbocycles. The third-order valence-corrected chi connectivity index (χ3v) is 5.37. The van der Waals surface area contributed by atoms with Crippen LogP contribution in [0.5, 0.6) is 0 Å². The number of hydrogen-bond acceptors (Lipinski definition) is 2. The second-order valence-electron chi connectivity index (χ2n) is 7.38. The van der Waals surface area contributed by atoms with Gasteiger partial charge in [-0.3, -0.25) is 4.90 Å². The van der Waals surface area contributed by atoms with Crippen molar-refractivity contribution in [2.75, 3.05) is 13.1 Å². The summed E-state index contributed by atoms with van der Waals surface area (Å²) in [7, 11) is 0. The van der Waals surface area contributed by atoms with Crippen LogP contribution in [0.3, 0.4) is 0 Å². The Bertz CT molecular complexity index is 242. The molecular weight excluding hydrogens is 268 g/mol. The molecule has 0 spiro atoms. The monoisotopic (exact) mass is 310 g/mol. The minimum Gasteiger partial charge on any atom is -0.326 e. The van der Waals surface area contributed by atoms with Crippen molar-refractivity contribution in [1.82, 2.24) is 4.90 Å². The van der Waals surface area contributed by atoms with Gasteiger partial charge in [-0.1, -0.05) is 84.5 Å². The Morgan fingerprint density at radius 2 is 1.32 bits per heavy atom. The summed E-state index contributed by atoms with van der Waals surface area (Å²) in [5.41, 5.74) is 6.36. The van der Waals surface area contributed by atoms with Gasteiger partial charge in [-0.2, -0.15) is 0 Å². The van der Waals surface area contributed by atoms with Gasteiger partial charge >= 0.3 is 0 Å². The normalized spacial score (nSPS) is 22.5. The minimum absolute atomic E-state index is 0.440. The summed E-state index contributed by atoms with van der Waals surface area (Å²) >= 11 is 0. The molecule has 1 heterocycles. The van der Waals surface area contributed by atoms with E-state index in [0.717, 1.165) is 0 Å². The Labute approximate surface area is 140 Å². The summed E-state index contributed by atoms with van der Waals surface area (Å²) in [6, 6.07) is 1.12. The van der Waals surface area contributed by atoms with Gasteiger partial charge in [-0.15, -0.1) is 0 Å². The van der Waals surface area contributed by atoms with Crippen LogP contribution in [0.25, 0.3) is 0 Å². The number of unbranched alkanes of at least 4 members (excludes halogenated alkanes) is 10. The molecule has 1 aliphatic rings. The Hall–Kier alpha value is -0.0800. The van der Waals surface area contributed by atoms with Gasteiger partial charge in [0.15, 0.2) is 0 Å². The van der Waals surface area contributed by atoms with E-state index < -0.39 is 0 Å². The fourth-order valence-electron chi connectivity index (χ4n) is 3.85. The van der Waals surface area contributed by atoms with E-state index in [0.29, 0.717) is 12.1 Å². The maximum atomic E-state index is 6.36. The molecular formula is C20H42N2. The predicted molar refractivity (Wildman–Crippen MR) is 99.3 cm³/mol. The van der Waals surface area contributed by atoms with Crippen molar-refractivity contribution in [3.05, 3.63) is 0 Å². The van der Waals surface area contributed by atoms with Gasteiger partial charge in [0.2, 0.25) is 0 Å². The van der Waals surface area contributed by atoms with Crippen LogP contribution in [0.1, 0.15) is 104 Å². The van der Waals surface area contributed by atoms with Gasteiger partial charge in [-0.05, 0) is 25.8 Å². The molecule has 1 rings (SSSR count). The SMILES string of the molecule is CCCCCCCCC1C(N)CCN1CCCCCCCC. The predicted octanol–water partition coefficient (Wildman–Crippen LogP) is 5.50. The fraction of sp³-hybridized carbons (Fsp3) is 1.00. The lowest BCUT2D eigenvalue weighted by molar-refractivity contribution is 0.224. The van der Waals surface area contributed by atoms with Crippen LogP contribution in [-0.2, 0) is 0 Å². The maximum Gasteiger partial charge on any atom is 0.0247 e. The number of nitrogens with two attached hydrogens (primary N) is 1. The fourth-order valence-corrected chi connectivity index (χ4v) is 3.85. The standard InChI is InChI=1S/C20H42N2/c1-3-5-7-9-11-13-15-20-19(21)16-18-22(20)17-14-12-10-8-6-4-2/h19-20H,3-18,21H2,1-2H3. The van der Waals surface area contributed by atoms with E-state index in [1.807, 2.05) is 0 Å². The van der Waals surface area contributed by atoms with Crippen molar-refractivity contribution in [2.24, 2.45) is 5.73 Å². The quantitative estimate of drug-likeness (QED) is 0.429. The zero-order valence-electron chi connectivity index (χ0n) is 15.5. The number of hydrogen-bond donors (Lipinski definition) is 1. The summed E-state index contributed by atoms with van der Waals surface area (Å²) in [4.78, 5) is 2.70. The van der Waals surface area contributed by atoms with E-state index in [4.69, 9.17) is 5.73 Å². The maximum absolute atomic E-state index is 6.36. The summed E-state index contributed by atoms with van der Waals surface area (Å²) in [5, 5.41) is 0. The molecule has 0 aromatic rings. The van der Waals surface area contributed by atoms with Crippen LogP contribution in [-0.4, -0.2) is 30.1 Å². The second-order valence-corrected chi connectivity index (χ2v) is 7.38. The van der Waals surface area contributed by atoms with Gasteiger partial charge in [0.1, 0.15) is 0 Å². The van der Waals surface area contributed by atoms with E-state index in [1.54, 1.807) is 0 Å². The van der Waals surface area contributed by atoms with E-state index in [2.05, 4.69) is 18.7 Å². The molecule has 2 unspecified atom stereocenters. The summed E-state index contributed by atoms with van der Waals surface area (Å²) in [6.45, 7) is 7.12. The van der Waals surface area contributed by atoms with Gasteiger partial charge < -0.3 is 5.73 Å². The average molecular weight is 311 g/mol. The molecule has 0 radical (unpaired) electrons. The van der Waals surface area contributed by atoms with Crippen LogP contribution in [0.4, 0.5) is 0 Å². The Kier molecular flexibility index (Phi) is 12.1. The molecule has 0 amide bonds. The van der Waals surface area contributed by atoms with Crippen molar-refractivity contribution >= 4 is 0 Å². The highest BCUT2D eigenvalue weighted by Crippen LogP contribution is 2.23. The first-order valence-corrected chi connectivity index (χ1v) is 10.3. The zero-order valence-corrected chi connectivity index (χ0v) is 15.5. The molecule has 132 valence electrons. The highest BCUT2D eigenvalue weighted by molar-refractivity contribution is 4.89.